The van der Waals surface area contributed by atoms with E-state index >= 15 is 0 Å². The summed E-state index contributed by atoms with van der Waals surface area (Å²) in [6.07, 6.45) is 6.21. The van der Waals surface area contributed by atoms with Crippen molar-refractivity contribution in [1.82, 2.24) is 18.8 Å². The van der Waals surface area contributed by atoms with E-state index in [1.165, 1.54) is 0 Å². The molecule has 0 aromatic carbocycles. The third kappa shape index (κ3) is 4.02. The zero-order chi connectivity index (χ0) is 13.7. The van der Waals surface area contributed by atoms with E-state index in [2.05, 4.69) is 9.88 Å². The van der Waals surface area contributed by atoms with Crippen molar-refractivity contribution < 1.29 is 8.42 Å². The van der Waals surface area contributed by atoms with Crippen LogP contribution in [0.1, 0.15) is 13.3 Å². The van der Waals surface area contributed by atoms with Crippen LogP contribution in [0.3, 0.4) is 0 Å². The Kier molecular flexibility index (Phi) is 4.95. The molecule has 2 heterocycles. The molecular formula is C12H22N4O2S. The molecule has 1 aliphatic rings. The zero-order valence-electron chi connectivity index (χ0n) is 11.4. The van der Waals surface area contributed by atoms with Crippen molar-refractivity contribution in [3.05, 3.63) is 18.7 Å². The second-order valence-electron chi connectivity index (χ2n) is 4.86. The summed E-state index contributed by atoms with van der Waals surface area (Å²) in [6.45, 7) is 6.62. The van der Waals surface area contributed by atoms with Crippen LogP contribution >= 0.6 is 0 Å². The van der Waals surface area contributed by atoms with Crippen LogP contribution in [0, 0.1) is 0 Å². The first-order valence-corrected chi connectivity index (χ1v) is 8.38. The van der Waals surface area contributed by atoms with Crippen LogP contribution in [-0.4, -0.2) is 65.7 Å². The molecule has 1 aromatic rings. The summed E-state index contributed by atoms with van der Waals surface area (Å²) in [5, 5.41) is 0. The fourth-order valence-electron chi connectivity index (χ4n) is 2.29. The maximum absolute atomic E-state index is 11.9. The molecule has 0 saturated carbocycles. The van der Waals surface area contributed by atoms with Gasteiger partial charge in [0.1, 0.15) is 0 Å². The average molecular weight is 286 g/mol. The molecule has 0 unspecified atom stereocenters. The van der Waals surface area contributed by atoms with Gasteiger partial charge in [-0.25, -0.2) is 13.4 Å². The van der Waals surface area contributed by atoms with Crippen molar-refractivity contribution in [1.29, 1.82) is 0 Å². The molecular weight excluding hydrogens is 264 g/mol. The molecule has 0 bridgehead atoms. The highest BCUT2D eigenvalue weighted by Crippen LogP contribution is 2.09. The lowest BCUT2D eigenvalue weighted by Crippen LogP contribution is -2.49. The first kappa shape index (κ1) is 14.5. The summed E-state index contributed by atoms with van der Waals surface area (Å²) in [6, 6.07) is 0. The Balaban J connectivity index is 1.76. The van der Waals surface area contributed by atoms with Gasteiger partial charge in [-0.1, -0.05) is 6.92 Å². The fraction of sp³-hybridized carbons (Fsp3) is 0.750. The molecule has 0 N–H and O–H groups in total. The predicted molar refractivity (Wildman–Crippen MR) is 74.3 cm³/mol. The fourth-order valence-corrected chi connectivity index (χ4v) is 3.79. The van der Waals surface area contributed by atoms with E-state index in [0.29, 0.717) is 19.5 Å². The van der Waals surface area contributed by atoms with E-state index < -0.39 is 10.0 Å². The van der Waals surface area contributed by atoms with Gasteiger partial charge < -0.3 is 4.57 Å². The van der Waals surface area contributed by atoms with Crippen molar-refractivity contribution >= 4 is 10.0 Å². The van der Waals surface area contributed by atoms with Gasteiger partial charge in [0, 0.05) is 51.7 Å². The van der Waals surface area contributed by atoms with Crippen LogP contribution in [0.15, 0.2) is 18.7 Å². The summed E-state index contributed by atoms with van der Waals surface area (Å²) < 4.78 is 27.5. The van der Waals surface area contributed by atoms with E-state index in [4.69, 9.17) is 0 Å². The molecule has 1 aromatic heterocycles. The van der Waals surface area contributed by atoms with Gasteiger partial charge in [0.15, 0.2) is 0 Å². The number of nitrogens with zero attached hydrogens (tertiary/aromatic N) is 4. The van der Waals surface area contributed by atoms with E-state index in [9.17, 15) is 8.42 Å². The van der Waals surface area contributed by atoms with E-state index in [1.54, 1.807) is 10.5 Å². The molecule has 6 nitrogen and oxygen atoms in total. The molecule has 1 aliphatic heterocycles. The molecule has 0 radical (unpaired) electrons. The van der Waals surface area contributed by atoms with Gasteiger partial charge >= 0.3 is 0 Å². The smallest absolute Gasteiger partial charge is 0.214 e. The summed E-state index contributed by atoms with van der Waals surface area (Å²) in [5.41, 5.74) is 0. The lowest BCUT2D eigenvalue weighted by Gasteiger charge is -2.33. The summed E-state index contributed by atoms with van der Waals surface area (Å²) in [7, 11) is -3.02. The second-order valence-corrected chi connectivity index (χ2v) is 6.95. The summed E-state index contributed by atoms with van der Waals surface area (Å²) in [4.78, 5) is 6.31. The van der Waals surface area contributed by atoms with E-state index in [1.807, 2.05) is 24.0 Å². The minimum atomic E-state index is -3.02. The molecule has 1 saturated heterocycles. The SMILES string of the molecule is CCCS(=O)(=O)N1CCN(CCn2ccnc2)CC1. The normalized spacial score (nSPS) is 18.8. The minimum Gasteiger partial charge on any atom is -0.336 e. The number of imidazole rings is 1. The third-order valence-electron chi connectivity index (χ3n) is 3.42. The lowest BCUT2D eigenvalue weighted by atomic mass is 10.3. The molecule has 2 rings (SSSR count). The predicted octanol–water partition coefficient (Wildman–Crippen LogP) is 0.241. The van der Waals surface area contributed by atoms with Crippen molar-refractivity contribution in [2.24, 2.45) is 0 Å². The Hall–Kier alpha value is -0.920. The molecule has 0 atom stereocenters. The number of rotatable bonds is 6. The first-order chi connectivity index (χ1) is 9.12. The third-order valence-corrected chi connectivity index (χ3v) is 5.50. The van der Waals surface area contributed by atoms with Crippen LogP contribution in [0.4, 0.5) is 0 Å². The number of sulfonamides is 1. The number of aromatic nitrogens is 2. The monoisotopic (exact) mass is 286 g/mol. The lowest BCUT2D eigenvalue weighted by molar-refractivity contribution is 0.183. The average Bonchev–Trinajstić information content (AvgIpc) is 2.90. The molecule has 108 valence electrons. The zero-order valence-corrected chi connectivity index (χ0v) is 12.2. The molecule has 0 spiro atoms. The topological polar surface area (TPSA) is 58.4 Å². The largest absolute Gasteiger partial charge is 0.336 e. The van der Waals surface area contributed by atoms with Gasteiger partial charge in [0.25, 0.3) is 0 Å². The van der Waals surface area contributed by atoms with Crippen LogP contribution in [0.25, 0.3) is 0 Å². The maximum Gasteiger partial charge on any atom is 0.214 e. The number of hydrogen-bond donors (Lipinski definition) is 0. The van der Waals surface area contributed by atoms with Gasteiger partial charge in [-0.05, 0) is 6.42 Å². The van der Waals surface area contributed by atoms with Gasteiger partial charge in [-0.15, -0.1) is 0 Å². The highest BCUT2D eigenvalue weighted by molar-refractivity contribution is 7.89. The van der Waals surface area contributed by atoms with Crippen LogP contribution in [0.5, 0.6) is 0 Å². The van der Waals surface area contributed by atoms with Gasteiger partial charge in [-0.3, -0.25) is 4.90 Å². The van der Waals surface area contributed by atoms with Gasteiger partial charge in [0.2, 0.25) is 10.0 Å². The van der Waals surface area contributed by atoms with Gasteiger partial charge in [0.05, 0.1) is 12.1 Å². The Labute approximate surface area is 115 Å². The quantitative estimate of drug-likeness (QED) is 0.752. The number of hydrogen-bond acceptors (Lipinski definition) is 4. The second kappa shape index (κ2) is 6.49. The standard InChI is InChI=1S/C12H22N4O2S/c1-2-11-19(17,18)16-9-7-14(8-10-16)5-6-15-4-3-13-12-15/h3-4,12H,2,5-11H2,1H3. The first-order valence-electron chi connectivity index (χ1n) is 6.78. The molecule has 0 amide bonds. The van der Waals surface area contributed by atoms with E-state index in [0.717, 1.165) is 26.2 Å². The highest BCUT2D eigenvalue weighted by Gasteiger charge is 2.25. The Morgan fingerprint density at radius 1 is 1.16 bits per heavy atom. The Bertz CT molecular complexity index is 464. The van der Waals surface area contributed by atoms with Crippen LogP contribution in [0.2, 0.25) is 0 Å². The van der Waals surface area contributed by atoms with Gasteiger partial charge in [-0.2, -0.15) is 4.31 Å². The molecule has 0 aliphatic carbocycles. The van der Waals surface area contributed by atoms with Crippen molar-refractivity contribution in [3.8, 4) is 0 Å². The van der Waals surface area contributed by atoms with Crippen molar-refractivity contribution in [2.75, 3.05) is 38.5 Å². The van der Waals surface area contributed by atoms with Crippen LogP contribution in [-0.2, 0) is 16.6 Å². The van der Waals surface area contributed by atoms with E-state index in [-0.39, 0.29) is 5.75 Å². The molecule has 19 heavy (non-hydrogen) atoms. The van der Waals surface area contributed by atoms with Crippen LogP contribution < -0.4 is 0 Å². The van der Waals surface area contributed by atoms with Crippen molar-refractivity contribution in [2.45, 2.75) is 19.9 Å². The van der Waals surface area contributed by atoms with Crippen molar-refractivity contribution in [3.63, 3.8) is 0 Å². The summed E-state index contributed by atoms with van der Waals surface area (Å²) >= 11 is 0. The summed E-state index contributed by atoms with van der Waals surface area (Å²) in [5.74, 6) is 0.266. The molecule has 1 fully saturated rings. The highest BCUT2D eigenvalue weighted by atomic mass is 32.2. The Morgan fingerprint density at radius 3 is 2.47 bits per heavy atom. The maximum atomic E-state index is 11.9. The molecule has 7 heteroatoms. The number of piperazine rings is 1. The Morgan fingerprint density at radius 2 is 1.89 bits per heavy atom. The minimum absolute atomic E-state index is 0.266.